The Balaban J connectivity index is 2.14. The number of rotatable bonds is 18. The van der Waals surface area contributed by atoms with Gasteiger partial charge in [-0.05, 0) is 156 Å². The third-order valence-electron chi connectivity index (χ3n) is 7.51. The van der Waals surface area contributed by atoms with E-state index in [1.54, 1.807) is 111 Å². The van der Waals surface area contributed by atoms with Crippen molar-refractivity contribution in [2.75, 3.05) is 17.6 Å². The molecule has 0 heterocycles. The predicted molar refractivity (Wildman–Crippen MR) is 212 cm³/mol. The van der Waals surface area contributed by atoms with Gasteiger partial charge in [-0.1, -0.05) is 0 Å². The van der Waals surface area contributed by atoms with E-state index in [1.807, 2.05) is 0 Å². The minimum absolute atomic E-state index is 0.0235. The maximum absolute atomic E-state index is 13.4. The summed E-state index contributed by atoms with van der Waals surface area (Å²) in [4.78, 5) is 66.0. The number of alkyl carbamates (subject to hydrolysis) is 1. The number of hydrogen-bond donors (Lipinski definition) is 5. The van der Waals surface area contributed by atoms with Gasteiger partial charge in [-0.2, -0.15) is 10.2 Å². The maximum Gasteiger partial charge on any atom is 0.408 e. The summed E-state index contributed by atoms with van der Waals surface area (Å²) in [6, 6.07) is 11.7. The number of esters is 2. The van der Waals surface area contributed by atoms with Crippen LogP contribution in [0.15, 0.2) is 58.8 Å². The number of amides is 3. The minimum atomic E-state index is -1.24. The van der Waals surface area contributed by atoms with E-state index in [0.29, 0.717) is 48.6 Å². The fourth-order valence-electron chi connectivity index (χ4n) is 5.07. The Kier molecular flexibility index (Phi) is 17.7. The molecule has 0 aliphatic heterocycles. The highest BCUT2D eigenvalue weighted by atomic mass is 16.6. The van der Waals surface area contributed by atoms with Gasteiger partial charge in [-0.3, -0.25) is 14.4 Å². The first-order chi connectivity index (χ1) is 25.5. The highest BCUT2D eigenvalue weighted by Crippen LogP contribution is 2.24. The lowest BCUT2D eigenvalue weighted by Gasteiger charge is -2.29. The zero-order valence-corrected chi connectivity index (χ0v) is 33.8. The third kappa shape index (κ3) is 19.7. The molecule has 3 atom stereocenters. The number of anilines is 2. The molecule has 0 bridgehead atoms. The van der Waals surface area contributed by atoms with Crippen LogP contribution in [0.25, 0.3) is 0 Å². The zero-order chi connectivity index (χ0) is 41.4. The van der Waals surface area contributed by atoms with Crippen LogP contribution in [-0.4, -0.2) is 65.3 Å². The van der Waals surface area contributed by atoms with Gasteiger partial charge in [0.25, 0.3) is 0 Å². The third-order valence-corrected chi connectivity index (χ3v) is 7.51. The van der Waals surface area contributed by atoms with Gasteiger partial charge in [0.05, 0.1) is 17.3 Å². The number of carbonyl (C=O) groups is 5. The van der Waals surface area contributed by atoms with Crippen LogP contribution in [0.2, 0.25) is 0 Å². The standard InChI is InChI=1S/C40H61N7O8/c1-38(2,3)53-35(50)26(25-32(36(51)54-39(4,5)6)45-37(52)55-40(7,8)9)13-12-15-33(48)44-31(14-10-11-24-41)34(49)43-28-20-22-30(23-21-28)47-46-29-18-16-27(42)17-19-29/h16-23,26,31-32H,10-15,24-25,41-42H2,1-9H3,(H,43,49)(H,44,48)(H,45,52)/t26-,31+,32+/m1/s1. The van der Waals surface area contributed by atoms with Crippen molar-refractivity contribution >= 4 is 52.6 Å². The highest BCUT2D eigenvalue weighted by Gasteiger charge is 2.35. The molecule has 0 aromatic heterocycles. The maximum atomic E-state index is 13.4. The molecule has 0 saturated heterocycles. The van der Waals surface area contributed by atoms with Gasteiger partial charge in [0.1, 0.15) is 28.9 Å². The predicted octanol–water partition coefficient (Wildman–Crippen LogP) is 6.99. The molecule has 7 N–H and O–H groups in total. The Morgan fingerprint density at radius 3 is 1.71 bits per heavy atom. The van der Waals surface area contributed by atoms with Crippen molar-refractivity contribution < 1.29 is 38.2 Å². The molecule has 3 amide bonds. The Hall–Kier alpha value is -5.05. The van der Waals surface area contributed by atoms with E-state index < -0.39 is 64.7 Å². The monoisotopic (exact) mass is 767 g/mol. The van der Waals surface area contributed by atoms with Gasteiger partial charge in [0.15, 0.2) is 0 Å². The molecule has 0 aliphatic carbocycles. The summed E-state index contributed by atoms with van der Waals surface area (Å²) >= 11 is 0. The van der Waals surface area contributed by atoms with Gasteiger partial charge in [0.2, 0.25) is 11.8 Å². The quantitative estimate of drug-likeness (QED) is 0.0343. The number of nitrogens with one attached hydrogen (secondary N) is 3. The number of nitrogens with two attached hydrogens (primary N) is 2. The number of azo groups is 1. The molecule has 2 aromatic rings. The summed E-state index contributed by atoms with van der Waals surface area (Å²) in [6.07, 6.45) is 0.965. The molecular formula is C40H61N7O8. The lowest BCUT2D eigenvalue weighted by molar-refractivity contribution is -0.163. The Bertz CT molecular complexity index is 1590. The van der Waals surface area contributed by atoms with Gasteiger partial charge >= 0.3 is 18.0 Å². The van der Waals surface area contributed by atoms with Crippen LogP contribution >= 0.6 is 0 Å². The van der Waals surface area contributed by atoms with E-state index in [9.17, 15) is 24.0 Å². The summed E-state index contributed by atoms with van der Waals surface area (Å²) in [5.41, 5.74) is 11.2. The van der Waals surface area contributed by atoms with Crippen LogP contribution in [0, 0.1) is 5.92 Å². The molecular weight excluding hydrogens is 706 g/mol. The van der Waals surface area contributed by atoms with Crippen molar-refractivity contribution in [3.05, 3.63) is 48.5 Å². The number of unbranched alkanes of at least 4 members (excludes halogenated alkanes) is 1. The number of hydrogen-bond acceptors (Lipinski definition) is 12. The molecule has 15 heteroatoms. The first kappa shape index (κ1) is 46.1. The van der Waals surface area contributed by atoms with Crippen LogP contribution in [0.5, 0.6) is 0 Å². The second kappa shape index (κ2) is 21.1. The Morgan fingerprint density at radius 1 is 0.655 bits per heavy atom. The van der Waals surface area contributed by atoms with Gasteiger partial charge < -0.3 is 41.6 Å². The highest BCUT2D eigenvalue weighted by molar-refractivity contribution is 5.97. The summed E-state index contributed by atoms with van der Waals surface area (Å²) in [5, 5.41) is 16.6. The summed E-state index contributed by atoms with van der Waals surface area (Å²) in [5.74, 6) is -3.03. The number of nitrogen functional groups attached to an aromatic ring is 1. The van der Waals surface area contributed by atoms with Gasteiger partial charge in [-0.25, -0.2) is 9.59 Å². The molecule has 0 saturated carbocycles. The van der Waals surface area contributed by atoms with Crippen molar-refractivity contribution in [2.24, 2.45) is 21.9 Å². The largest absolute Gasteiger partial charge is 0.460 e. The lowest BCUT2D eigenvalue weighted by Crippen LogP contribution is -2.47. The Morgan fingerprint density at radius 2 is 1.18 bits per heavy atom. The first-order valence-electron chi connectivity index (χ1n) is 18.7. The normalized spacial score (nSPS) is 13.6. The van der Waals surface area contributed by atoms with Crippen LogP contribution < -0.4 is 27.4 Å². The fraction of sp³-hybridized carbons (Fsp3) is 0.575. The lowest BCUT2D eigenvalue weighted by atomic mass is 9.93. The SMILES string of the molecule is CC(C)(C)OC(=O)N[C@@H](C[C@@H](CCCC(=O)N[C@@H](CCCCN)C(=O)Nc1ccc(N=Nc2ccc(N)cc2)cc1)C(=O)OC(C)(C)C)C(=O)OC(C)(C)C. The summed E-state index contributed by atoms with van der Waals surface area (Å²) in [7, 11) is 0. The van der Waals surface area contributed by atoms with E-state index >= 15 is 0 Å². The number of carbonyl (C=O) groups excluding carboxylic acids is 5. The number of ether oxygens (including phenoxy) is 3. The number of benzene rings is 2. The first-order valence-corrected chi connectivity index (χ1v) is 18.7. The van der Waals surface area contributed by atoms with Crippen molar-refractivity contribution in [3.8, 4) is 0 Å². The second-order valence-corrected chi connectivity index (χ2v) is 16.3. The van der Waals surface area contributed by atoms with Crippen molar-refractivity contribution in [2.45, 2.75) is 136 Å². The molecule has 0 spiro atoms. The second-order valence-electron chi connectivity index (χ2n) is 16.3. The van der Waals surface area contributed by atoms with Gasteiger partial charge in [0, 0.05) is 17.8 Å². The molecule has 2 rings (SSSR count). The van der Waals surface area contributed by atoms with E-state index in [4.69, 9.17) is 25.7 Å². The van der Waals surface area contributed by atoms with E-state index in [0.717, 1.165) is 0 Å². The minimum Gasteiger partial charge on any atom is -0.460 e. The van der Waals surface area contributed by atoms with E-state index in [1.165, 1.54) is 0 Å². The Labute approximate surface area is 325 Å². The molecule has 0 radical (unpaired) electrons. The van der Waals surface area contributed by atoms with Crippen LogP contribution in [0.1, 0.15) is 107 Å². The zero-order valence-electron chi connectivity index (χ0n) is 33.8. The van der Waals surface area contributed by atoms with Crippen LogP contribution in [0.4, 0.5) is 27.5 Å². The molecule has 304 valence electrons. The summed E-state index contributed by atoms with van der Waals surface area (Å²) in [6.45, 7) is 15.7. The van der Waals surface area contributed by atoms with Crippen molar-refractivity contribution in [1.82, 2.24) is 10.6 Å². The average Bonchev–Trinajstić information content (AvgIpc) is 3.05. The fourth-order valence-corrected chi connectivity index (χ4v) is 5.07. The average molecular weight is 768 g/mol. The number of nitrogens with zero attached hydrogens (tertiary/aromatic N) is 2. The molecule has 0 aliphatic rings. The summed E-state index contributed by atoms with van der Waals surface area (Å²) < 4.78 is 16.6. The van der Waals surface area contributed by atoms with Gasteiger partial charge in [-0.15, -0.1) is 0 Å². The molecule has 0 fully saturated rings. The smallest absolute Gasteiger partial charge is 0.408 e. The molecule has 2 aromatic carbocycles. The molecule has 55 heavy (non-hydrogen) atoms. The van der Waals surface area contributed by atoms with Crippen molar-refractivity contribution in [3.63, 3.8) is 0 Å². The van der Waals surface area contributed by atoms with E-state index in [-0.39, 0.29) is 25.7 Å². The van der Waals surface area contributed by atoms with Crippen molar-refractivity contribution in [1.29, 1.82) is 0 Å². The van der Waals surface area contributed by atoms with Crippen LogP contribution in [0.3, 0.4) is 0 Å². The molecule has 15 nitrogen and oxygen atoms in total. The topological polar surface area (TPSA) is 226 Å². The van der Waals surface area contributed by atoms with Crippen LogP contribution in [-0.2, 0) is 33.4 Å². The van der Waals surface area contributed by atoms with E-state index in [2.05, 4.69) is 26.2 Å². The molecule has 0 unspecified atom stereocenters.